The lowest BCUT2D eigenvalue weighted by molar-refractivity contribution is -0.150. The van der Waals surface area contributed by atoms with Crippen molar-refractivity contribution in [1.29, 1.82) is 0 Å². The quantitative estimate of drug-likeness (QED) is 0.762. The van der Waals surface area contributed by atoms with Crippen LogP contribution >= 0.6 is 0 Å². The Labute approximate surface area is 86.9 Å². The average Bonchev–Trinajstić information content (AvgIpc) is 2.20. The minimum absolute atomic E-state index is 0.102. The molecule has 0 aliphatic carbocycles. The van der Waals surface area contributed by atoms with Crippen LogP contribution in [0.15, 0.2) is 29.3 Å². The van der Waals surface area contributed by atoms with E-state index in [1.807, 2.05) is 0 Å². The smallest absolute Gasteiger partial charge is 0.334 e. The van der Waals surface area contributed by atoms with Crippen LogP contribution in [-0.4, -0.2) is 28.4 Å². The Hall–Kier alpha value is -1.62. The lowest BCUT2D eigenvalue weighted by atomic mass is 10.3. The minimum Gasteiger partial charge on any atom is -0.479 e. The predicted octanol–water partition coefficient (Wildman–Crippen LogP) is 0.338. The molecule has 1 unspecified atom stereocenters. The topological polar surface area (TPSA) is 68.5 Å². The van der Waals surface area contributed by atoms with Crippen molar-refractivity contribution in [2.45, 2.75) is 19.6 Å². The van der Waals surface area contributed by atoms with Gasteiger partial charge in [0.2, 0.25) is 0 Å². The molecule has 0 spiro atoms. The first-order valence-electron chi connectivity index (χ1n) is 4.64. The first kappa shape index (κ1) is 11.5. The summed E-state index contributed by atoms with van der Waals surface area (Å²) < 4.78 is 6.65. The zero-order chi connectivity index (χ0) is 11.3. The maximum absolute atomic E-state index is 10.8. The largest absolute Gasteiger partial charge is 0.479 e. The molecule has 0 saturated carbocycles. The lowest BCUT2D eigenvalue weighted by Crippen LogP contribution is -2.29. The van der Waals surface area contributed by atoms with Gasteiger partial charge in [-0.1, -0.05) is 0 Å². The zero-order valence-electron chi connectivity index (χ0n) is 8.42. The van der Waals surface area contributed by atoms with Crippen molar-refractivity contribution in [3.8, 4) is 0 Å². The van der Waals surface area contributed by atoms with Crippen LogP contribution < -0.4 is 5.43 Å². The van der Waals surface area contributed by atoms with Crippen molar-refractivity contribution in [2.24, 2.45) is 0 Å². The van der Waals surface area contributed by atoms with Gasteiger partial charge in [0, 0.05) is 31.1 Å². The molecule has 82 valence electrons. The van der Waals surface area contributed by atoms with Gasteiger partial charge in [0.1, 0.15) is 0 Å². The van der Waals surface area contributed by atoms with Crippen LogP contribution in [0, 0.1) is 0 Å². The first-order valence-corrected chi connectivity index (χ1v) is 4.64. The summed E-state index contributed by atoms with van der Waals surface area (Å²) in [5.74, 6) is -1.00. The Morgan fingerprint density at radius 1 is 1.53 bits per heavy atom. The van der Waals surface area contributed by atoms with Gasteiger partial charge < -0.3 is 14.4 Å². The second-order valence-corrected chi connectivity index (χ2v) is 3.01. The number of nitrogens with zero attached hydrogens (tertiary/aromatic N) is 1. The van der Waals surface area contributed by atoms with Gasteiger partial charge in [0.25, 0.3) is 0 Å². The van der Waals surface area contributed by atoms with Crippen molar-refractivity contribution in [1.82, 2.24) is 4.57 Å². The van der Waals surface area contributed by atoms with Crippen LogP contribution in [0.1, 0.15) is 6.92 Å². The van der Waals surface area contributed by atoms with Crippen molar-refractivity contribution >= 4 is 5.97 Å². The number of aromatic nitrogens is 1. The molecule has 1 rings (SSSR count). The van der Waals surface area contributed by atoms with E-state index < -0.39 is 12.1 Å². The summed E-state index contributed by atoms with van der Waals surface area (Å²) in [4.78, 5) is 21.6. The summed E-state index contributed by atoms with van der Waals surface area (Å²) >= 11 is 0. The highest BCUT2D eigenvalue weighted by Crippen LogP contribution is 1.97. The minimum atomic E-state index is -1.00. The fourth-order valence-electron chi connectivity index (χ4n) is 1.16. The number of hydrogen-bond donors (Lipinski definition) is 1. The van der Waals surface area contributed by atoms with Crippen LogP contribution in [-0.2, 0) is 16.1 Å². The van der Waals surface area contributed by atoms with Gasteiger partial charge in [0.05, 0.1) is 6.54 Å². The Morgan fingerprint density at radius 2 is 2.13 bits per heavy atom. The Bertz CT molecular complexity index is 365. The van der Waals surface area contributed by atoms with E-state index >= 15 is 0 Å². The van der Waals surface area contributed by atoms with Crippen molar-refractivity contribution in [3.05, 3.63) is 34.7 Å². The molecule has 0 aromatic carbocycles. The van der Waals surface area contributed by atoms with E-state index in [-0.39, 0.29) is 12.0 Å². The standard InChI is InChI=1S/C10H13NO4/c1-2-15-9(10(13)14)7-11-5-3-8(12)4-6-11/h3-6,9H,2,7H2,1H3,(H,13,14). The van der Waals surface area contributed by atoms with Crippen LogP contribution in [0.5, 0.6) is 0 Å². The molecule has 1 aromatic heterocycles. The molecule has 5 heteroatoms. The Morgan fingerprint density at radius 3 is 2.60 bits per heavy atom. The maximum atomic E-state index is 10.8. The van der Waals surface area contributed by atoms with E-state index in [2.05, 4.69) is 0 Å². The number of ether oxygens (including phenoxy) is 1. The molecule has 1 heterocycles. The molecule has 5 nitrogen and oxygen atoms in total. The molecule has 0 saturated heterocycles. The van der Waals surface area contributed by atoms with Crippen LogP contribution in [0.2, 0.25) is 0 Å². The average molecular weight is 211 g/mol. The molecule has 1 atom stereocenters. The fourth-order valence-corrected chi connectivity index (χ4v) is 1.16. The van der Waals surface area contributed by atoms with Gasteiger partial charge in [-0.2, -0.15) is 0 Å². The predicted molar refractivity (Wildman–Crippen MR) is 53.8 cm³/mol. The van der Waals surface area contributed by atoms with E-state index in [1.54, 1.807) is 11.5 Å². The van der Waals surface area contributed by atoms with E-state index in [9.17, 15) is 9.59 Å². The summed E-state index contributed by atoms with van der Waals surface area (Å²) in [6, 6.07) is 2.76. The van der Waals surface area contributed by atoms with Gasteiger partial charge in [-0.25, -0.2) is 4.79 Å². The number of carboxylic acid groups (broad SMARTS) is 1. The number of pyridine rings is 1. The number of carbonyl (C=O) groups is 1. The van der Waals surface area contributed by atoms with Gasteiger partial charge in [-0.15, -0.1) is 0 Å². The zero-order valence-corrected chi connectivity index (χ0v) is 8.42. The van der Waals surface area contributed by atoms with Gasteiger partial charge in [-0.3, -0.25) is 4.79 Å². The van der Waals surface area contributed by atoms with E-state index in [0.29, 0.717) is 6.61 Å². The Balaban J connectivity index is 2.69. The molecule has 1 N–H and O–H groups in total. The highest BCUT2D eigenvalue weighted by Gasteiger charge is 2.17. The second-order valence-electron chi connectivity index (χ2n) is 3.01. The highest BCUT2D eigenvalue weighted by molar-refractivity contribution is 5.72. The monoisotopic (exact) mass is 211 g/mol. The van der Waals surface area contributed by atoms with Crippen LogP contribution in [0.4, 0.5) is 0 Å². The second kappa shape index (κ2) is 5.31. The number of aliphatic carboxylic acids is 1. The summed E-state index contributed by atoms with van der Waals surface area (Å²) in [6.45, 7) is 2.28. The van der Waals surface area contributed by atoms with E-state index in [0.717, 1.165) is 0 Å². The number of carboxylic acids is 1. The number of rotatable bonds is 5. The third-order valence-electron chi connectivity index (χ3n) is 1.88. The molecule has 0 aliphatic heterocycles. The SMILES string of the molecule is CCOC(Cn1ccc(=O)cc1)C(=O)O. The lowest BCUT2D eigenvalue weighted by Gasteiger charge is -2.13. The highest BCUT2D eigenvalue weighted by atomic mass is 16.5. The molecule has 0 aliphatic rings. The van der Waals surface area contributed by atoms with Crippen LogP contribution in [0.3, 0.4) is 0 Å². The Kier molecular flexibility index (Phi) is 4.05. The first-order chi connectivity index (χ1) is 7.13. The molecule has 15 heavy (non-hydrogen) atoms. The summed E-state index contributed by atoms with van der Waals surface area (Å²) in [6.07, 6.45) is 2.20. The third-order valence-corrected chi connectivity index (χ3v) is 1.88. The molecular weight excluding hydrogens is 198 g/mol. The molecule has 1 aromatic rings. The normalized spacial score (nSPS) is 12.3. The van der Waals surface area contributed by atoms with E-state index in [1.165, 1.54) is 24.5 Å². The maximum Gasteiger partial charge on any atom is 0.334 e. The molecule has 0 amide bonds. The van der Waals surface area contributed by atoms with E-state index in [4.69, 9.17) is 9.84 Å². The number of hydrogen-bond acceptors (Lipinski definition) is 3. The van der Waals surface area contributed by atoms with Crippen molar-refractivity contribution in [3.63, 3.8) is 0 Å². The third kappa shape index (κ3) is 3.55. The van der Waals surface area contributed by atoms with Gasteiger partial charge >= 0.3 is 5.97 Å². The summed E-state index contributed by atoms with van der Waals surface area (Å²) in [7, 11) is 0. The molecule has 0 bridgehead atoms. The fraction of sp³-hybridized carbons (Fsp3) is 0.400. The molecule has 0 fully saturated rings. The summed E-state index contributed by atoms with van der Waals surface area (Å²) in [5.41, 5.74) is -0.102. The van der Waals surface area contributed by atoms with Crippen molar-refractivity contribution in [2.75, 3.05) is 6.61 Å². The van der Waals surface area contributed by atoms with Crippen molar-refractivity contribution < 1.29 is 14.6 Å². The van der Waals surface area contributed by atoms with Crippen LogP contribution in [0.25, 0.3) is 0 Å². The van der Waals surface area contributed by atoms with Gasteiger partial charge in [0.15, 0.2) is 11.5 Å². The molecule has 0 radical (unpaired) electrons. The summed E-state index contributed by atoms with van der Waals surface area (Å²) in [5, 5.41) is 8.82. The molecular formula is C10H13NO4. The van der Waals surface area contributed by atoms with Gasteiger partial charge in [-0.05, 0) is 6.92 Å².